The summed E-state index contributed by atoms with van der Waals surface area (Å²) in [4.78, 5) is 0.247. The first kappa shape index (κ1) is 17.5. The lowest BCUT2D eigenvalue weighted by Crippen LogP contribution is -2.45. The molecule has 0 saturated heterocycles. The second-order valence-corrected chi connectivity index (χ2v) is 7.97. The first-order valence-electron chi connectivity index (χ1n) is 7.46. The summed E-state index contributed by atoms with van der Waals surface area (Å²) in [6.07, 6.45) is 0.613. The van der Waals surface area contributed by atoms with Gasteiger partial charge < -0.3 is 4.74 Å². The molecule has 0 amide bonds. The standard InChI is InChI=1S/C18H23NO3S/c1-14-12-16(10-11-17(14)22-4)23(20,21)19-18(2,3)13-15-8-6-5-7-9-15/h5-12,19H,13H2,1-4H3. The third-order valence-corrected chi connectivity index (χ3v) is 5.27. The van der Waals surface area contributed by atoms with Crippen LogP contribution in [0.5, 0.6) is 5.75 Å². The minimum Gasteiger partial charge on any atom is -0.496 e. The van der Waals surface area contributed by atoms with Gasteiger partial charge in [0, 0.05) is 5.54 Å². The summed E-state index contributed by atoms with van der Waals surface area (Å²) in [5, 5.41) is 0. The van der Waals surface area contributed by atoms with E-state index in [-0.39, 0.29) is 4.90 Å². The van der Waals surface area contributed by atoms with E-state index in [1.54, 1.807) is 25.3 Å². The van der Waals surface area contributed by atoms with E-state index in [0.29, 0.717) is 12.2 Å². The molecular weight excluding hydrogens is 310 g/mol. The van der Waals surface area contributed by atoms with Crippen LogP contribution in [0, 0.1) is 6.92 Å². The molecule has 0 atom stereocenters. The highest BCUT2D eigenvalue weighted by Crippen LogP contribution is 2.23. The maximum atomic E-state index is 12.6. The van der Waals surface area contributed by atoms with Crippen molar-refractivity contribution >= 4 is 10.0 Å². The fourth-order valence-corrected chi connectivity index (χ4v) is 4.08. The molecule has 0 bridgehead atoms. The second-order valence-electron chi connectivity index (χ2n) is 6.28. The SMILES string of the molecule is COc1ccc(S(=O)(=O)NC(C)(C)Cc2ccccc2)cc1C. The van der Waals surface area contributed by atoms with Gasteiger partial charge in [-0.1, -0.05) is 30.3 Å². The predicted octanol–water partition coefficient (Wildman–Crippen LogP) is 3.30. The average Bonchev–Trinajstić information content (AvgIpc) is 2.46. The quantitative estimate of drug-likeness (QED) is 0.882. The van der Waals surface area contributed by atoms with Gasteiger partial charge in [-0.2, -0.15) is 0 Å². The Morgan fingerprint density at radius 1 is 1.09 bits per heavy atom. The molecule has 0 fully saturated rings. The number of hydrogen-bond acceptors (Lipinski definition) is 3. The zero-order chi connectivity index (χ0) is 17.1. The lowest BCUT2D eigenvalue weighted by atomic mass is 9.96. The van der Waals surface area contributed by atoms with Crippen molar-refractivity contribution in [1.82, 2.24) is 4.72 Å². The first-order chi connectivity index (χ1) is 10.7. The van der Waals surface area contributed by atoms with Crippen molar-refractivity contribution in [3.05, 3.63) is 59.7 Å². The molecule has 0 saturated carbocycles. The van der Waals surface area contributed by atoms with Crippen molar-refractivity contribution in [2.24, 2.45) is 0 Å². The maximum absolute atomic E-state index is 12.6. The van der Waals surface area contributed by atoms with Gasteiger partial charge in [0.1, 0.15) is 5.75 Å². The van der Waals surface area contributed by atoms with E-state index in [4.69, 9.17) is 4.74 Å². The number of nitrogens with one attached hydrogen (secondary N) is 1. The third kappa shape index (κ3) is 4.56. The van der Waals surface area contributed by atoms with Gasteiger partial charge in [-0.15, -0.1) is 0 Å². The molecule has 2 rings (SSSR count). The van der Waals surface area contributed by atoms with Crippen molar-refractivity contribution in [3.8, 4) is 5.75 Å². The van der Waals surface area contributed by atoms with Crippen LogP contribution in [0.4, 0.5) is 0 Å². The number of sulfonamides is 1. The Morgan fingerprint density at radius 3 is 2.30 bits per heavy atom. The summed E-state index contributed by atoms with van der Waals surface area (Å²) in [7, 11) is -2.02. The highest BCUT2D eigenvalue weighted by Gasteiger charge is 2.26. The Balaban J connectivity index is 2.21. The molecule has 0 aliphatic heterocycles. The maximum Gasteiger partial charge on any atom is 0.241 e. The van der Waals surface area contributed by atoms with Crippen LogP contribution in [0.25, 0.3) is 0 Å². The molecule has 0 aromatic heterocycles. The van der Waals surface area contributed by atoms with Gasteiger partial charge in [-0.25, -0.2) is 13.1 Å². The summed E-state index contributed by atoms with van der Waals surface area (Å²) in [5.74, 6) is 0.674. The number of aryl methyl sites for hydroxylation is 1. The van der Waals surface area contributed by atoms with Crippen molar-refractivity contribution in [2.45, 2.75) is 37.6 Å². The normalized spacial score (nSPS) is 12.2. The van der Waals surface area contributed by atoms with Gasteiger partial charge in [0.05, 0.1) is 12.0 Å². The Hall–Kier alpha value is -1.85. The molecule has 0 radical (unpaired) electrons. The topological polar surface area (TPSA) is 55.4 Å². The number of benzene rings is 2. The van der Waals surface area contributed by atoms with Crippen LogP contribution in [-0.4, -0.2) is 21.1 Å². The van der Waals surface area contributed by atoms with Gasteiger partial charge in [0.2, 0.25) is 10.0 Å². The molecule has 0 unspecified atom stereocenters. The molecule has 124 valence electrons. The molecule has 5 heteroatoms. The zero-order valence-corrected chi connectivity index (χ0v) is 14.8. The Labute approximate surface area is 138 Å². The lowest BCUT2D eigenvalue weighted by Gasteiger charge is -2.26. The molecule has 0 aliphatic carbocycles. The lowest BCUT2D eigenvalue weighted by molar-refractivity contribution is 0.411. The molecule has 4 nitrogen and oxygen atoms in total. The Kier molecular flexibility index (Phi) is 5.12. The van der Waals surface area contributed by atoms with Gasteiger partial charge in [0.15, 0.2) is 0 Å². The van der Waals surface area contributed by atoms with E-state index in [9.17, 15) is 8.42 Å². The fourth-order valence-electron chi connectivity index (χ4n) is 2.58. The molecule has 23 heavy (non-hydrogen) atoms. The van der Waals surface area contributed by atoms with E-state index in [1.165, 1.54) is 0 Å². The second kappa shape index (κ2) is 6.72. The molecule has 0 heterocycles. The van der Waals surface area contributed by atoms with Crippen molar-refractivity contribution in [3.63, 3.8) is 0 Å². The van der Waals surface area contributed by atoms with Gasteiger partial charge in [-0.3, -0.25) is 0 Å². The van der Waals surface area contributed by atoms with Crippen LogP contribution >= 0.6 is 0 Å². The third-order valence-electron chi connectivity index (χ3n) is 3.58. The smallest absolute Gasteiger partial charge is 0.241 e. The van der Waals surface area contributed by atoms with E-state index in [0.717, 1.165) is 11.1 Å². The first-order valence-corrected chi connectivity index (χ1v) is 8.94. The molecule has 0 spiro atoms. The number of hydrogen-bond donors (Lipinski definition) is 1. The van der Waals surface area contributed by atoms with Gasteiger partial charge in [0.25, 0.3) is 0 Å². The van der Waals surface area contributed by atoms with E-state index >= 15 is 0 Å². The van der Waals surface area contributed by atoms with Gasteiger partial charge in [-0.05, 0) is 56.5 Å². The Bertz CT molecular complexity index is 768. The summed E-state index contributed by atoms with van der Waals surface area (Å²) in [5.41, 5.74) is 1.29. The fraction of sp³-hybridized carbons (Fsp3) is 0.333. The van der Waals surface area contributed by atoms with Crippen LogP contribution in [0.3, 0.4) is 0 Å². The summed E-state index contributed by atoms with van der Waals surface area (Å²) in [6, 6.07) is 14.7. The molecule has 2 aromatic rings. The largest absolute Gasteiger partial charge is 0.496 e. The van der Waals surface area contributed by atoms with E-state index < -0.39 is 15.6 Å². The number of methoxy groups -OCH3 is 1. The highest BCUT2D eigenvalue weighted by atomic mass is 32.2. The van der Waals surface area contributed by atoms with Crippen LogP contribution in [0.1, 0.15) is 25.0 Å². The summed E-state index contributed by atoms with van der Waals surface area (Å²) < 4.78 is 33.2. The van der Waals surface area contributed by atoms with Crippen LogP contribution in [0.2, 0.25) is 0 Å². The van der Waals surface area contributed by atoms with E-state index in [2.05, 4.69) is 4.72 Å². The van der Waals surface area contributed by atoms with Crippen molar-refractivity contribution in [1.29, 1.82) is 0 Å². The molecule has 1 N–H and O–H groups in total. The minimum absolute atomic E-state index is 0.247. The van der Waals surface area contributed by atoms with Crippen LogP contribution < -0.4 is 9.46 Å². The molecular formula is C18H23NO3S. The highest BCUT2D eigenvalue weighted by molar-refractivity contribution is 7.89. The molecule has 2 aromatic carbocycles. The van der Waals surface area contributed by atoms with Crippen molar-refractivity contribution in [2.75, 3.05) is 7.11 Å². The van der Waals surface area contributed by atoms with Crippen LogP contribution in [0.15, 0.2) is 53.4 Å². The van der Waals surface area contributed by atoms with E-state index in [1.807, 2.05) is 51.1 Å². The Morgan fingerprint density at radius 2 is 1.74 bits per heavy atom. The summed E-state index contributed by atoms with van der Waals surface area (Å²) >= 11 is 0. The van der Waals surface area contributed by atoms with Crippen molar-refractivity contribution < 1.29 is 13.2 Å². The monoisotopic (exact) mass is 333 g/mol. The minimum atomic E-state index is -3.59. The zero-order valence-electron chi connectivity index (χ0n) is 14.0. The number of ether oxygens (including phenoxy) is 1. The van der Waals surface area contributed by atoms with Crippen LogP contribution in [-0.2, 0) is 16.4 Å². The summed E-state index contributed by atoms with van der Waals surface area (Å²) in [6.45, 7) is 5.59. The predicted molar refractivity (Wildman–Crippen MR) is 92.3 cm³/mol. The number of rotatable bonds is 6. The van der Waals surface area contributed by atoms with Gasteiger partial charge >= 0.3 is 0 Å². The molecule has 0 aliphatic rings. The average molecular weight is 333 g/mol.